The van der Waals surface area contributed by atoms with E-state index in [0.29, 0.717) is 0 Å². The predicted molar refractivity (Wildman–Crippen MR) is 171 cm³/mol. The first kappa shape index (κ1) is 27.9. The van der Waals surface area contributed by atoms with Crippen LogP contribution in [0.5, 0.6) is 5.75 Å². The van der Waals surface area contributed by atoms with Crippen LogP contribution in [0.1, 0.15) is 56.2 Å². The van der Waals surface area contributed by atoms with Gasteiger partial charge in [0.2, 0.25) is 0 Å². The molecular formula is C34H43ClN5O+. The molecule has 3 aliphatic rings. The number of hydrogen-bond donors (Lipinski definition) is 1. The molecule has 1 saturated heterocycles. The highest BCUT2D eigenvalue weighted by Crippen LogP contribution is 2.49. The van der Waals surface area contributed by atoms with Crippen molar-refractivity contribution in [3.8, 4) is 5.75 Å². The van der Waals surface area contributed by atoms with Gasteiger partial charge in [-0.3, -0.25) is 4.68 Å². The van der Waals surface area contributed by atoms with Crippen molar-refractivity contribution >= 4 is 34.0 Å². The topological polar surface area (TPSA) is 58.2 Å². The number of fused-ring (bicyclic) bond motifs is 1. The Morgan fingerprint density at radius 2 is 1.93 bits per heavy atom. The van der Waals surface area contributed by atoms with Crippen LogP contribution in [-0.4, -0.2) is 52.0 Å². The van der Waals surface area contributed by atoms with Crippen molar-refractivity contribution in [2.75, 3.05) is 32.1 Å². The summed E-state index contributed by atoms with van der Waals surface area (Å²) in [5.41, 5.74) is 4.69. The maximum atomic E-state index is 6.25. The van der Waals surface area contributed by atoms with Crippen LogP contribution in [0.2, 0.25) is 0 Å². The second-order valence-electron chi connectivity index (χ2n) is 11.9. The van der Waals surface area contributed by atoms with Gasteiger partial charge in [-0.05, 0) is 105 Å². The number of halogens is 1. The van der Waals surface area contributed by atoms with Crippen molar-refractivity contribution in [1.29, 1.82) is 0 Å². The van der Waals surface area contributed by atoms with E-state index in [1.807, 2.05) is 19.4 Å². The standard InChI is InChI=1S/C34H42ClN5O/c1-24-31-21-29(10-13-33(31)40(38-24)23-25-8-11-30(41-2)12-9-25)36-17-14-27-20-32(27)26-15-18-39(19-16-26)34-7-5-3-4-6-28(35)22-37-34/h4,6,8-13,21-22,26-27,32,36H,3,5,7,14-20,23H2,1-2H3/p+1/b6-4-,28-22+,37-34?/t27-,32?/m1/s1. The molecule has 1 unspecified atom stereocenters. The number of nitrogens with one attached hydrogen (secondary N) is 1. The highest BCUT2D eigenvalue weighted by Gasteiger charge is 2.43. The molecule has 1 saturated carbocycles. The molecule has 7 heteroatoms. The van der Waals surface area contributed by atoms with E-state index in [-0.39, 0.29) is 0 Å². The smallest absolute Gasteiger partial charge is 0.254 e. The van der Waals surface area contributed by atoms with Crippen molar-refractivity contribution in [2.45, 2.75) is 58.4 Å². The number of nitrogens with zero attached hydrogens (tertiary/aromatic N) is 4. The van der Waals surface area contributed by atoms with E-state index in [4.69, 9.17) is 21.7 Å². The van der Waals surface area contributed by atoms with Gasteiger partial charge in [0.25, 0.3) is 5.75 Å². The van der Waals surface area contributed by atoms with Gasteiger partial charge in [-0.15, -0.1) is 0 Å². The molecule has 1 aliphatic carbocycles. The Hall–Kier alpha value is -3.25. The van der Waals surface area contributed by atoms with Crippen molar-refractivity contribution in [2.24, 2.45) is 22.7 Å². The largest absolute Gasteiger partial charge is 0.585 e. The van der Waals surface area contributed by atoms with Crippen molar-refractivity contribution < 1.29 is 4.74 Å². The predicted octanol–water partition coefficient (Wildman–Crippen LogP) is 7.63. The van der Waals surface area contributed by atoms with Crippen molar-refractivity contribution in [3.63, 3.8) is 0 Å². The molecule has 1 aromatic heterocycles. The minimum Gasteiger partial charge on any atom is -0.585 e. The van der Waals surface area contributed by atoms with E-state index >= 15 is 0 Å². The summed E-state index contributed by atoms with van der Waals surface area (Å²) in [4.78, 5) is 7.26. The highest BCUT2D eigenvalue weighted by atomic mass is 35.5. The summed E-state index contributed by atoms with van der Waals surface area (Å²) in [6, 6.07) is 15.1. The Balaban J connectivity index is 0.970. The van der Waals surface area contributed by atoms with E-state index < -0.39 is 0 Å². The molecule has 6 rings (SSSR count). The lowest BCUT2D eigenvalue weighted by Crippen LogP contribution is -2.39. The number of aliphatic imine (C=N–C) groups is 1. The number of piperidine rings is 1. The average molecular weight is 573 g/mol. The highest BCUT2D eigenvalue weighted by molar-refractivity contribution is 6.31. The Kier molecular flexibility index (Phi) is 8.66. The fourth-order valence-electron chi connectivity index (χ4n) is 6.72. The molecule has 3 aromatic rings. The van der Waals surface area contributed by atoms with E-state index in [1.54, 1.807) is 0 Å². The number of aryl methyl sites for hydroxylation is 1. The SMILES string of the molecule is C[OH+]c1ccc(Cn2nc(C)c3cc(NCC[C@@H]4CC4C4CCN(C5=N/C=C(Cl)\C=C/CCC5)CC4)ccc32)cc1. The Labute approximate surface area is 249 Å². The molecule has 3 heterocycles. The zero-order chi connectivity index (χ0) is 28.2. The molecule has 6 nitrogen and oxygen atoms in total. The van der Waals surface area contributed by atoms with Crippen molar-refractivity contribution in [1.82, 2.24) is 14.7 Å². The van der Waals surface area contributed by atoms with Gasteiger partial charge in [-0.1, -0.05) is 17.7 Å². The molecule has 0 amide bonds. The number of amidine groups is 1. The van der Waals surface area contributed by atoms with E-state index in [0.717, 1.165) is 79.7 Å². The lowest BCUT2D eigenvalue weighted by atomic mass is 9.90. The van der Waals surface area contributed by atoms with Gasteiger partial charge in [-0.25, -0.2) is 4.99 Å². The van der Waals surface area contributed by atoms with Crippen LogP contribution in [0.15, 0.2) is 70.8 Å². The van der Waals surface area contributed by atoms with E-state index in [1.165, 1.54) is 53.7 Å². The van der Waals surface area contributed by atoms with Crippen LogP contribution in [-0.2, 0) is 6.54 Å². The minimum absolute atomic E-state index is 0.726. The summed E-state index contributed by atoms with van der Waals surface area (Å²) in [7, 11) is 1.82. The normalized spacial score (nSPS) is 23.6. The van der Waals surface area contributed by atoms with Gasteiger partial charge < -0.3 is 15.0 Å². The molecule has 2 N–H and O–H groups in total. The number of benzene rings is 2. The number of anilines is 1. The van der Waals surface area contributed by atoms with Crippen LogP contribution in [0.25, 0.3) is 10.9 Å². The zero-order valence-electron chi connectivity index (χ0n) is 24.4. The average Bonchev–Trinajstić information content (AvgIpc) is 3.68. The van der Waals surface area contributed by atoms with Gasteiger partial charge in [0.15, 0.2) is 7.11 Å². The second kappa shape index (κ2) is 12.7. The number of likely N-dealkylation sites (tertiary alicyclic amines) is 1. The molecule has 2 aliphatic heterocycles. The fraction of sp³-hybridized carbons (Fsp3) is 0.471. The van der Waals surface area contributed by atoms with Gasteiger partial charge in [0.05, 0.1) is 22.8 Å². The molecule has 0 radical (unpaired) electrons. The quantitative estimate of drug-likeness (QED) is 0.282. The molecule has 2 fully saturated rings. The van der Waals surface area contributed by atoms with Crippen LogP contribution in [0.4, 0.5) is 5.69 Å². The Morgan fingerprint density at radius 3 is 2.73 bits per heavy atom. The third-order valence-corrected chi connectivity index (χ3v) is 9.40. The number of allylic oxidation sites excluding steroid dienone is 3. The molecule has 2 aromatic carbocycles. The first-order valence-corrected chi connectivity index (χ1v) is 15.7. The zero-order valence-corrected chi connectivity index (χ0v) is 25.2. The van der Waals surface area contributed by atoms with Gasteiger partial charge >= 0.3 is 0 Å². The fourth-order valence-corrected chi connectivity index (χ4v) is 6.86. The van der Waals surface area contributed by atoms with Gasteiger partial charge in [-0.2, -0.15) is 5.10 Å². The number of aromatic nitrogens is 2. The molecular weight excluding hydrogens is 530 g/mol. The van der Waals surface area contributed by atoms with Crippen molar-refractivity contribution in [3.05, 3.63) is 77.1 Å². The number of ether oxygens (including phenoxy) is 1. The maximum absolute atomic E-state index is 6.25. The van der Waals surface area contributed by atoms with E-state index in [2.05, 4.69) is 75.1 Å². The monoisotopic (exact) mass is 572 g/mol. The second-order valence-corrected chi connectivity index (χ2v) is 12.4. The van der Waals surface area contributed by atoms with Crippen LogP contribution in [0, 0.1) is 24.7 Å². The third kappa shape index (κ3) is 6.81. The Morgan fingerprint density at radius 1 is 1.10 bits per heavy atom. The molecule has 0 spiro atoms. The molecule has 41 heavy (non-hydrogen) atoms. The summed E-state index contributed by atoms with van der Waals surface area (Å²) < 4.78 is 6.35. The summed E-state index contributed by atoms with van der Waals surface area (Å²) in [6.45, 7) is 6.18. The number of rotatable bonds is 8. The van der Waals surface area contributed by atoms with E-state index in [9.17, 15) is 0 Å². The number of aliphatic hydroxyl groups is 1. The molecule has 2 atom stereocenters. The summed E-state index contributed by atoms with van der Waals surface area (Å²) in [5, 5.41) is 10.5. The molecule has 0 bridgehead atoms. The third-order valence-electron chi connectivity index (χ3n) is 9.18. The van der Waals surface area contributed by atoms with Gasteiger partial charge in [0.1, 0.15) is 5.84 Å². The minimum atomic E-state index is 0.726. The van der Waals surface area contributed by atoms with Crippen LogP contribution >= 0.6 is 11.6 Å². The van der Waals surface area contributed by atoms with Gasteiger partial charge in [0, 0.05) is 55.5 Å². The lowest BCUT2D eigenvalue weighted by molar-refractivity contribution is 0.136. The first-order chi connectivity index (χ1) is 20.1. The summed E-state index contributed by atoms with van der Waals surface area (Å²) >= 11 is 6.25. The number of aromatic hydroxyl groups is 1. The maximum Gasteiger partial charge on any atom is 0.254 e. The van der Waals surface area contributed by atoms with Crippen LogP contribution < -0.4 is 5.32 Å². The Bertz CT molecular complexity index is 1430. The molecule has 216 valence electrons. The number of hydrogen-bond acceptors (Lipinski definition) is 4. The first-order valence-electron chi connectivity index (χ1n) is 15.3. The summed E-state index contributed by atoms with van der Waals surface area (Å²) in [5.74, 6) is 4.87. The van der Waals surface area contributed by atoms with Crippen LogP contribution in [0.3, 0.4) is 0 Å². The lowest BCUT2D eigenvalue weighted by Gasteiger charge is -2.34. The summed E-state index contributed by atoms with van der Waals surface area (Å²) in [6.07, 6.45) is 14.5.